The van der Waals surface area contributed by atoms with Crippen LogP contribution in [0.4, 0.5) is 24.5 Å². The number of aryl methyl sites for hydroxylation is 9. The third kappa shape index (κ3) is 20.6. The summed E-state index contributed by atoms with van der Waals surface area (Å²) in [6.45, 7) is 35.3. The van der Waals surface area contributed by atoms with Crippen molar-refractivity contribution in [1.29, 1.82) is 0 Å². The van der Waals surface area contributed by atoms with Gasteiger partial charge in [0.2, 0.25) is 5.88 Å². The second-order valence-corrected chi connectivity index (χ2v) is 36.6. The maximum atomic E-state index is 12.9. The average molecular weight is 1790 g/mol. The smallest absolute Gasteiger partial charge is 0.370 e. The van der Waals surface area contributed by atoms with Crippen LogP contribution in [0.25, 0.3) is 78.4 Å². The molecule has 0 amide bonds. The Labute approximate surface area is 728 Å². The maximum absolute atomic E-state index is 12.9. The number of nitrogens with two attached hydrogens (primary N) is 1. The topological polar surface area (TPSA) is 295 Å². The number of piperidine rings is 3. The maximum Gasteiger partial charge on any atom is 0.534 e. The van der Waals surface area contributed by atoms with Crippen molar-refractivity contribution < 1.29 is 25.8 Å². The molecule has 0 aliphatic carbocycles. The number of halogens is 5. The molecule has 3 saturated heterocycles. The molecular weight excluding hydrogens is 1690 g/mol. The zero-order valence-corrected chi connectivity index (χ0v) is 74.1. The lowest BCUT2D eigenvalue weighted by Crippen LogP contribution is -2.48. The van der Waals surface area contributed by atoms with E-state index in [0.717, 1.165) is 162 Å². The van der Waals surface area contributed by atoms with Gasteiger partial charge in [-0.1, -0.05) is 52.8 Å². The summed E-state index contributed by atoms with van der Waals surface area (Å²) in [6.07, 6.45) is 29.6. The Morgan fingerprint density at radius 1 is 0.427 bits per heavy atom. The Kier molecular flexibility index (Phi) is 25.9. The molecule has 16 aromatic rings. The molecule has 0 bridgehead atoms. The highest BCUT2D eigenvalue weighted by Gasteiger charge is 2.49. The fourth-order valence-corrected chi connectivity index (χ4v) is 16.3. The molecule has 0 saturated carbocycles. The highest BCUT2D eigenvalue weighted by atomic mass is 79.9. The van der Waals surface area contributed by atoms with Crippen LogP contribution in [0.2, 0.25) is 5.02 Å². The molecule has 0 spiro atoms. The minimum atomic E-state index is -5.86. The number of pyridine rings is 4. The molecule has 648 valence electrons. The molecule has 124 heavy (non-hydrogen) atoms. The molecule has 3 fully saturated rings. The molecule has 3 N–H and O–H groups in total. The summed E-state index contributed by atoms with van der Waals surface area (Å²) in [5.74, 6) is -0.934. The van der Waals surface area contributed by atoms with E-state index in [1.54, 1.807) is 52.3 Å². The van der Waals surface area contributed by atoms with Crippen molar-refractivity contribution in [2.75, 3.05) is 49.1 Å². The fourth-order valence-electron chi connectivity index (χ4n) is 15.3. The summed E-state index contributed by atoms with van der Waals surface area (Å²) in [4.78, 5) is 90.0. The van der Waals surface area contributed by atoms with Crippen LogP contribution in [0.1, 0.15) is 132 Å². The predicted octanol–water partition coefficient (Wildman–Crippen LogP) is 16.5. The number of hydrogen-bond acceptors (Lipinski definition) is 19. The first-order valence-corrected chi connectivity index (χ1v) is 42.9. The Morgan fingerprint density at radius 3 is 1.18 bits per heavy atom. The van der Waals surface area contributed by atoms with Gasteiger partial charge in [-0.05, 0) is 220 Å². The summed E-state index contributed by atoms with van der Waals surface area (Å²) in [5, 5.41) is 3.84. The Morgan fingerprint density at radius 2 is 0.774 bits per heavy atom. The largest absolute Gasteiger partial charge is 0.534 e. The van der Waals surface area contributed by atoms with Gasteiger partial charge in [0.25, 0.3) is 22.2 Å². The minimum absolute atomic E-state index is 0. The predicted molar refractivity (Wildman–Crippen MR) is 486 cm³/mol. The average Bonchev–Trinajstić information content (AvgIpc) is 0.993. The highest BCUT2D eigenvalue weighted by Crippen LogP contribution is 2.35. The SMILES string of the molecule is C.CC1(C)CCNCC1.Cc1ccc2nc(OS(=O)(=O)C(F)(F)F)cc(=O)n2c1.Cc1cn2cc(-c3cc(=O)n4cc(Cl)ccc4n3)cc2c(C)n1.Cc1cn2cc(-c3cc(=O)n4cc(N5CCC(C)(C)CC5)ccc4n3)cc2c(C)n1.Cc1cn2cc(-c3cc(=O)n4cc(N5CCC(C)(N)CC5)ccc4n3)cc2c(C)n1.Cc1cn2cc(Br)cc2c(C)n1. The molecule has 3 aliphatic heterocycles. The summed E-state index contributed by atoms with van der Waals surface area (Å²) >= 11 is 9.37. The molecule has 0 unspecified atom stereocenters. The molecule has 19 rings (SSSR count). The van der Waals surface area contributed by atoms with E-state index in [4.69, 9.17) is 27.3 Å². The lowest BCUT2D eigenvalue weighted by atomic mass is 9.82. The number of nitrogens with one attached hydrogen (secondary N) is 1. The second-order valence-electron chi connectivity index (χ2n) is 33.7. The van der Waals surface area contributed by atoms with Crippen molar-refractivity contribution in [3.8, 4) is 39.7 Å². The third-order valence-corrected chi connectivity index (χ3v) is 23.9. The van der Waals surface area contributed by atoms with Gasteiger partial charge >= 0.3 is 15.6 Å². The molecule has 0 radical (unpaired) electrons. The second kappa shape index (κ2) is 35.7. The number of hydrogen-bond donors (Lipinski definition) is 2. The summed E-state index contributed by atoms with van der Waals surface area (Å²) < 4.78 is 77.0. The number of alkyl halides is 3. The van der Waals surface area contributed by atoms with Gasteiger partial charge in [-0.25, -0.2) is 15.0 Å². The molecule has 33 heteroatoms. The standard InChI is InChI=1S/C24H27N5O.C23H26N6O.C17H13ClN4O.C10H7F3N2O4S.C9H9BrN2.C7H15N.CH4/c1-16-13-28-14-18(11-21(28)17(2)25-16)20-12-23(30)29-15-19(5-6-22(29)26-20)27-9-7-24(3,4)8-10-27;1-15-12-28-13-17(10-20(28)16(2)25-15)19-11-22(30)29-14-18(4-5-21(29)26-19)27-8-6-23(3,24)7-9-27;1-10-7-21-8-12(5-15(21)11(2)19-10)14-6-17(23)22-9-13(18)3-4-16(22)20-14;1-6-2-3-7-14-8(4-9(16)15(7)5-6)19-20(17,18)10(11,12)13;1-6-4-12-5-8(10)3-9(12)7(2)11-6;1-7(2)3-5-8-6-4-7;/h5-6,11-15H,7-10H2,1-4H3;4-5,10-14H,6-9,24H2,1-3H3;3-9H,1-2H3;2-5H,1H3;3-5H,1-2H3;8H,3-6H2,1-2H3;1H4. The van der Waals surface area contributed by atoms with Crippen LogP contribution in [0.15, 0.2) is 195 Å². The van der Waals surface area contributed by atoms with Crippen molar-refractivity contribution in [2.24, 2.45) is 16.6 Å². The quantitative estimate of drug-likeness (QED) is 0.111. The van der Waals surface area contributed by atoms with Gasteiger partial charge in [0.1, 0.15) is 22.6 Å². The van der Waals surface area contributed by atoms with E-state index in [1.807, 2.05) is 163 Å². The number of aromatic nitrogens is 16. The first-order chi connectivity index (χ1) is 58.1. The minimum Gasteiger partial charge on any atom is -0.370 e. The summed E-state index contributed by atoms with van der Waals surface area (Å²) in [6, 6.07) is 27.8. The number of anilines is 2. The molecule has 19 heterocycles. The Bertz CT molecular complexity index is 6910. The van der Waals surface area contributed by atoms with Crippen LogP contribution >= 0.6 is 27.5 Å². The van der Waals surface area contributed by atoms with Crippen LogP contribution < -0.4 is 47.3 Å². The summed E-state index contributed by atoms with van der Waals surface area (Å²) in [7, 11) is -5.86. The molecule has 3 aliphatic rings. The normalized spacial score (nSPS) is 15.0. The van der Waals surface area contributed by atoms with Gasteiger partial charge in [0.15, 0.2) is 0 Å². The van der Waals surface area contributed by atoms with Crippen molar-refractivity contribution in [3.63, 3.8) is 0 Å². The lowest BCUT2D eigenvalue weighted by Gasteiger charge is -2.38. The van der Waals surface area contributed by atoms with Gasteiger partial charge in [-0.15, -0.1) is 0 Å². The monoisotopic (exact) mass is 1790 g/mol. The van der Waals surface area contributed by atoms with E-state index in [2.05, 4.69) is 121 Å². The van der Waals surface area contributed by atoms with E-state index in [-0.39, 0.29) is 35.3 Å². The van der Waals surface area contributed by atoms with Crippen LogP contribution in [0.5, 0.6) is 5.88 Å². The number of rotatable bonds is 7. The van der Waals surface area contributed by atoms with E-state index >= 15 is 0 Å². The highest BCUT2D eigenvalue weighted by molar-refractivity contribution is 9.10. The zero-order chi connectivity index (χ0) is 88.1. The number of fused-ring (bicyclic) bond motifs is 8. The van der Waals surface area contributed by atoms with Gasteiger partial charge in [0.05, 0.1) is 107 Å². The van der Waals surface area contributed by atoms with Gasteiger partial charge in [-0.3, -0.25) is 56.7 Å². The van der Waals surface area contributed by atoms with E-state index in [1.165, 1.54) is 48.7 Å². The van der Waals surface area contributed by atoms with Crippen molar-refractivity contribution in [3.05, 3.63) is 273 Å². The van der Waals surface area contributed by atoms with E-state index in [0.29, 0.717) is 55.9 Å². The first-order valence-electron chi connectivity index (χ1n) is 40.3. The van der Waals surface area contributed by atoms with E-state index < -0.39 is 27.1 Å². The summed E-state index contributed by atoms with van der Waals surface area (Å²) in [5.41, 5.74) is 22.0. The van der Waals surface area contributed by atoms with Crippen molar-refractivity contribution >= 4 is 93.7 Å². The third-order valence-electron chi connectivity index (χ3n) is 22.3. The van der Waals surface area contributed by atoms with Crippen molar-refractivity contribution in [2.45, 2.75) is 154 Å². The lowest BCUT2D eigenvalue weighted by molar-refractivity contribution is -0.0501. The van der Waals surface area contributed by atoms with Crippen molar-refractivity contribution in [1.82, 2.24) is 80.4 Å². The van der Waals surface area contributed by atoms with Crippen LogP contribution in [-0.4, -0.2) is 134 Å². The fraction of sp³-hybridized carbons (Fsp3) is 0.341. The van der Waals surface area contributed by atoms with E-state index in [9.17, 15) is 40.8 Å². The van der Waals surface area contributed by atoms with Gasteiger partial charge < -0.3 is 42.6 Å². The zero-order valence-electron chi connectivity index (χ0n) is 70.9. The molecule has 0 atom stereocenters. The van der Waals surface area contributed by atoms with Crippen LogP contribution in [0.3, 0.4) is 0 Å². The van der Waals surface area contributed by atoms with Crippen LogP contribution in [0, 0.1) is 73.1 Å². The Balaban J connectivity index is 0.000000133. The molecular formula is C91H101BrClF3N20O7S. The molecule has 27 nitrogen and oxygen atoms in total. The molecule has 16 aromatic heterocycles. The van der Waals surface area contributed by atoms with Crippen LogP contribution in [-0.2, 0) is 10.1 Å². The van der Waals surface area contributed by atoms with Gasteiger partial charge in [0, 0.05) is 145 Å². The molecule has 0 aromatic carbocycles. The van der Waals surface area contributed by atoms with Gasteiger partial charge in [-0.2, -0.15) is 26.6 Å². The first kappa shape index (κ1) is 89.8. The number of nitrogens with zero attached hydrogens (tertiary/aromatic N) is 18. The Hall–Kier alpha value is -12.0.